The minimum absolute atomic E-state index is 0.786. The summed E-state index contributed by atoms with van der Waals surface area (Å²) < 4.78 is 0. The van der Waals surface area contributed by atoms with Gasteiger partial charge in [0.1, 0.15) is 0 Å². The first-order chi connectivity index (χ1) is 7.25. The number of nitrogens with one attached hydrogen (secondary N) is 1. The van der Waals surface area contributed by atoms with Crippen LogP contribution in [0, 0.1) is 11.8 Å². The maximum atomic E-state index is 3.60. The van der Waals surface area contributed by atoms with Crippen LogP contribution in [0.2, 0.25) is 0 Å². The largest absolute Gasteiger partial charge is 0.316 e. The maximum Gasteiger partial charge on any atom is 0.00954 e. The van der Waals surface area contributed by atoms with Crippen LogP contribution in [0.1, 0.15) is 39.5 Å². The first-order valence-corrected chi connectivity index (χ1v) is 6.70. The fourth-order valence-corrected chi connectivity index (χ4v) is 2.69. The van der Waals surface area contributed by atoms with Crippen molar-refractivity contribution in [2.75, 3.05) is 26.2 Å². The lowest BCUT2D eigenvalue weighted by Gasteiger charge is -2.34. The molecule has 1 aliphatic heterocycles. The van der Waals surface area contributed by atoms with E-state index in [0.717, 1.165) is 17.9 Å². The van der Waals surface area contributed by atoms with Crippen LogP contribution < -0.4 is 5.32 Å². The fourth-order valence-electron chi connectivity index (χ4n) is 2.69. The second kappa shape index (κ2) is 5.31. The van der Waals surface area contributed by atoms with Crippen molar-refractivity contribution < 1.29 is 0 Å². The lowest BCUT2D eigenvalue weighted by molar-refractivity contribution is 0.153. The third-order valence-corrected chi connectivity index (χ3v) is 3.89. The molecule has 1 saturated carbocycles. The molecule has 0 amide bonds. The van der Waals surface area contributed by atoms with Gasteiger partial charge in [-0.3, -0.25) is 0 Å². The second-order valence-electron chi connectivity index (χ2n) is 5.79. The molecule has 1 atom stereocenters. The maximum absolute atomic E-state index is 3.60. The van der Waals surface area contributed by atoms with Crippen LogP contribution in [0.3, 0.4) is 0 Å². The second-order valence-corrected chi connectivity index (χ2v) is 5.79. The van der Waals surface area contributed by atoms with Gasteiger partial charge >= 0.3 is 0 Å². The Morgan fingerprint density at radius 1 is 1.27 bits per heavy atom. The van der Waals surface area contributed by atoms with E-state index < -0.39 is 0 Å². The van der Waals surface area contributed by atoms with Gasteiger partial charge in [-0.15, -0.1) is 0 Å². The number of nitrogens with zero attached hydrogens (tertiary/aromatic N) is 1. The van der Waals surface area contributed by atoms with Crippen LogP contribution in [0.15, 0.2) is 0 Å². The topological polar surface area (TPSA) is 15.3 Å². The molecule has 1 aliphatic carbocycles. The summed E-state index contributed by atoms with van der Waals surface area (Å²) >= 11 is 0. The van der Waals surface area contributed by atoms with Crippen molar-refractivity contribution in [2.45, 2.75) is 45.6 Å². The van der Waals surface area contributed by atoms with Gasteiger partial charge in [0.05, 0.1) is 0 Å². The van der Waals surface area contributed by atoms with Crippen LogP contribution in [0.4, 0.5) is 0 Å². The summed E-state index contributed by atoms with van der Waals surface area (Å²) in [6.07, 6.45) is 5.82. The first-order valence-electron chi connectivity index (χ1n) is 6.70. The summed E-state index contributed by atoms with van der Waals surface area (Å²) in [5, 5.41) is 3.60. The van der Waals surface area contributed by atoms with Crippen LogP contribution >= 0.6 is 0 Å². The van der Waals surface area contributed by atoms with Crippen molar-refractivity contribution in [1.29, 1.82) is 0 Å². The minimum Gasteiger partial charge on any atom is -0.316 e. The Morgan fingerprint density at radius 3 is 2.67 bits per heavy atom. The van der Waals surface area contributed by atoms with Gasteiger partial charge in [0, 0.05) is 12.6 Å². The van der Waals surface area contributed by atoms with E-state index in [1.54, 1.807) is 0 Å². The molecule has 2 nitrogen and oxygen atoms in total. The zero-order valence-corrected chi connectivity index (χ0v) is 10.3. The lowest BCUT2D eigenvalue weighted by Crippen LogP contribution is -2.39. The van der Waals surface area contributed by atoms with Gasteiger partial charge in [0.15, 0.2) is 0 Å². The van der Waals surface area contributed by atoms with E-state index in [9.17, 15) is 0 Å². The van der Waals surface area contributed by atoms with E-state index in [-0.39, 0.29) is 0 Å². The summed E-state index contributed by atoms with van der Waals surface area (Å²) in [5.41, 5.74) is 0. The van der Waals surface area contributed by atoms with Gasteiger partial charge in [-0.05, 0) is 50.7 Å². The number of hydrogen-bond acceptors (Lipinski definition) is 2. The van der Waals surface area contributed by atoms with Crippen molar-refractivity contribution >= 4 is 0 Å². The van der Waals surface area contributed by atoms with E-state index in [4.69, 9.17) is 0 Å². The molecule has 1 N–H and O–H groups in total. The van der Waals surface area contributed by atoms with Crippen LogP contribution in [0.25, 0.3) is 0 Å². The number of likely N-dealkylation sites (tertiary alicyclic amines) is 1. The predicted molar refractivity (Wildman–Crippen MR) is 65.0 cm³/mol. The molecule has 1 saturated heterocycles. The van der Waals surface area contributed by atoms with E-state index in [0.29, 0.717) is 0 Å². The molecule has 0 spiro atoms. The summed E-state index contributed by atoms with van der Waals surface area (Å²) in [6.45, 7) is 9.69. The van der Waals surface area contributed by atoms with Crippen molar-refractivity contribution in [3.63, 3.8) is 0 Å². The highest BCUT2D eigenvalue weighted by Crippen LogP contribution is 2.29. The summed E-state index contributed by atoms with van der Waals surface area (Å²) in [7, 11) is 0. The van der Waals surface area contributed by atoms with Crippen molar-refractivity contribution in [1.82, 2.24) is 10.2 Å². The smallest absolute Gasteiger partial charge is 0.00954 e. The zero-order valence-electron chi connectivity index (χ0n) is 10.3. The Labute approximate surface area is 94.4 Å². The third kappa shape index (κ3) is 3.18. The Kier molecular flexibility index (Phi) is 4.04. The third-order valence-electron chi connectivity index (χ3n) is 3.89. The van der Waals surface area contributed by atoms with E-state index in [1.165, 1.54) is 51.9 Å². The number of rotatable bonds is 5. The highest BCUT2D eigenvalue weighted by molar-refractivity contribution is 4.86. The monoisotopic (exact) mass is 210 g/mol. The predicted octanol–water partition coefficient (Wildman–Crippen LogP) is 2.11. The normalized spacial score (nSPS) is 28.6. The summed E-state index contributed by atoms with van der Waals surface area (Å²) in [6, 6.07) is 0.958. The Bertz CT molecular complexity index is 187. The number of hydrogen-bond donors (Lipinski definition) is 1. The fraction of sp³-hybridized carbons (Fsp3) is 1.00. The van der Waals surface area contributed by atoms with Gasteiger partial charge in [-0.2, -0.15) is 0 Å². The van der Waals surface area contributed by atoms with Crippen LogP contribution in [-0.4, -0.2) is 37.1 Å². The van der Waals surface area contributed by atoms with Crippen LogP contribution in [-0.2, 0) is 0 Å². The summed E-state index contributed by atoms with van der Waals surface area (Å²) in [5.74, 6) is 1.71. The van der Waals surface area contributed by atoms with Gasteiger partial charge < -0.3 is 10.2 Å². The quantitative estimate of drug-likeness (QED) is 0.747. The molecule has 1 heterocycles. The average molecular weight is 210 g/mol. The van der Waals surface area contributed by atoms with E-state index in [1.807, 2.05) is 0 Å². The molecular weight excluding hydrogens is 184 g/mol. The zero-order chi connectivity index (χ0) is 10.7. The van der Waals surface area contributed by atoms with Crippen molar-refractivity contribution in [2.24, 2.45) is 11.8 Å². The van der Waals surface area contributed by atoms with E-state index >= 15 is 0 Å². The molecule has 2 rings (SSSR count). The lowest BCUT2D eigenvalue weighted by atomic mass is 9.92. The van der Waals surface area contributed by atoms with Gasteiger partial charge in [-0.1, -0.05) is 20.3 Å². The van der Waals surface area contributed by atoms with Crippen LogP contribution in [0.5, 0.6) is 0 Å². The van der Waals surface area contributed by atoms with Gasteiger partial charge in [0.25, 0.3) is 0 Å². The highest BCUT2D eigenvalue weighted by atomic mass is 15.2. The van der Waals surface area contributed by atoms with Crippen molar-refractivity contribution in [3.8, 4) is 0 Å². The average Bonchev–Trinajstić information content (AvgIpc) is 2.49. The van der Waals surface area contributed by atoms with E-state index in [2.05, 4.69) is 24.1 Å². The molecule has 0 aromatic rings. The standard InChI is InChI=1S/C13H26N2/c1-11(2)8-14-9-12-6-7-15(10-12)13-4-3-5-13/h11-14H,3-10H2,1-2H3. The molecule has 2 fully saturated rings. The molecule has 0 bridgehead atoms. The Hall–Kier alpha value is -0.0800. The Balaban J connectivity index is 1.60. The SMILES string of the molecule is CC(C)CNCC1CCN(C2CCC2)C1. The molecule has 0 radical (unpaired) electrons. The highest BCUT2D eigenvalue weighted by Gasteiger charge is 2.30. The summed E-state index contributed by atoms with van der Waals surface area (Å²) in [4.78, 5) is 2.73. The van der Waals surface area contributed by atoms with Gasteiger partial charge in [0.2, 0.25) is 0 Å². The molecule has 0 aromatic carbocycles. The van der Waals surface area contributed by atoms with Crippen molar-refractivity contribution in [3.05, 3.63) is 0 Å². The molecule has 0 aromatic heterocycles. The molecule has 1 unspecified atom stereocenters. The molecule has 2 heteroatoms. The molecule has 88 valence electrons. The van der Waals surface area contributed by atoms with Gasteiger partial charge in [-0.25, -0.2) is 0 Å². The molecular formula is C13H26N2. The molecule has 2 aliphatic rings. The minimum atomic E-state index is 0.786. The first kappa shape index (κ1) is 11.4. The molecule has 15 heavy (non-hydrogen) atoms. The Morgan fingerprint density at radius 2 is 2.07 bits per heavy atom.